The van der Waals surface area contributed by atoms with E-state index in [-0.39, 0.29) is 10.8 Å². The summed E-state index contributed by atoms with van der Waals surface area (Å²) in [5, 5.41) is 12.6. The van der Waals surface area contributed by atoms with Crippen molar-refractivity contribution in [3.8, 4) is 0 Å². The highest BCUT2D eigenvalue weighted by molar-refractivity contribution is 6.32. The molecular weight excluding hydrogens is 218 g/mol. The van der Waals surface area contributed by atoms with Gasteiger partial charge < -0.3 is 15.4 Å². The number of aliphatic hydroxyl groups is 1. The van der Waals surface area contributed by atoms with Crippen LogP contribution in [0.25, 0.3) is 0 Å². The van der Waals surface area contributed by atoms with E-state index in [1.165, 1.54) is 6.33 Å². The summed E-state index contributed by atoms with van der Waals surface area (Å²) >= 11 is 5.71. The fourth-order valence-electron chi connectivity index (χ4n) is 0.905. The van der Waals surface area contributed by atoms with Crippen molar-refractivity contribution in [1.82, 2.24) is 9.97 Å². The first-order valence-electron chi connectivity index (χ1n) is 4.65. The largest absolute Gasteiger partial charge is 0.388 e. The minimum Gasteiger partial charge on any atom is -0.388 e. The van der Waals surface area contributed by atoms with Crippen LogP contribution in [0.1, 0.15) is 20.3 Å². The summed E-state index contributed by atoms with van der Waals surface area (Å²) in [6, 6.07) is 0. The molecule has 0 saturated carbocycles. The Morgan fingerprint density at radius 1 is 1.73 bits per heavy atom. The van der Waals surface area contributed by atoms with Gasteiger partial charge in [-0.2, -0.15) is 0 Å². The second-order valence-electron chi connectivity index (χ2n) is 3.60. The Labute approximate surface area is 92.5 Å². The van der Waals surface area contributed by atoms with Crippen LogP contribution in [0, 0.1) is 0 Å². The second kappa shape index (κ2) is 4.63. The van der Waals surface area contributed by atoms with Crippen molar-refractivity contribution in [1.29, 1.82) is 0 Å². The van der Waals surface area contributed by atoms with Gasteiger partial charge in [0.15, 0.2) is 5.82 Å². The molecule has 0 radical (unpaired) electrons. The molecule has 3 N–H and O–H groups in total. The van der Waals surface area contributed by atoms with Crippen molar-refractivity contribution in [2.45, 2.75) is 25.9 Å². The van der Waals surface area contributed by atoms with E-state index < -0.39 is 11.2 Å². The monoisotopic (exact) mass is 231 g/mol. The SMILES string of the molecule is CCC(C)(O)CNc1nc[nH]c(=O)c1Cl. The lowest BCUT2D eigenvalue weighted by Crippen LogP contribution is -2.33. The van der Waals surface area contributed by atoms with Gasteiger partial charge in [0.25, 0.3) is 5.56 Å². The molecule has 15 heavy (non-hydrogen) atoms. The molecule has 0 aliphatic rings. The molecule has 5 nitrogen and oxygen atoms in total. The number of nitrogens with zero attached hydrogens (tertiary/aromatic N) is 1. The maximum Gasteiger partial charge on any atom is 0.271 e. The lowest BCUT2D eigenvalue weighted by Gasteiger charge is -2.21. The average Bonchev–Trinajstić information content (AvgIpc) is 2.20. The van der Waals surface area contributed by atoms with E-state index in [9.17, 15) is 9.90 Å². The molecule has 0 aliphatic heterocycles. The van der Waals surface area contributed by atoms with Crippen LogP contribution in [0.3, 0.4) is 0 Å². The molecule has 0 spiro atoms. The van der Waals surface area contributed by atoms with Crippen molar-refractivity contribution < 1.29 is 5.11 Å². The molecule has 1 aromatic rings. The molecule has 1 aromatic heterocycles. The van der Waals surface area contributed by atoms with Crippen molar-refractivity contribution >= 4 is 17.4 Å². The van der Waals surface area contributed by atoms with Crippen LogP contribution in [0.2, 0.25) is 5.02 Å². The van der Waals surface area contributed by atoms with Crippen molar-refractivity contribution in [3.05, 3.63) is 21.7 Å². The summed E-state index contributed by atoms with van der Waals surface area (Å²) in [6.07, 6.45) is 1.86. The van der Waals surface area contributed by atoms with Gasteiger partial charge in [-0.1, -0.05) is 18.5 Å². The van der Waals surface area contributed by atoms with Crippen LogP contribution < -0.4 is 10.9 Å². The first-order valence-corrected chi connectivity index (χ1v) is 5.03. The van der Waals surface area contributed by atoms with Crippen LogP contribution in [0.4, 0.5) is 5.82 Å². The Morgan fingerprint density at radius 3 is 3.00 bits per heavy atom. The maximum atomic E-state index is 11.1. The molecule has 0 fully saturated rings. The van der Waals surface area contributed by atoms with E-state index in [4.69, 9.17) is 11.6 Å². The molecule has 1 rings (SSSR count). The van der Waals surface area contributed by atoms with Gasteiger partial charge in [0, 0.05) is 6.54 Å². The van der Waals surface area contributed by atoms with E-state index >= 15 is 0 Å². The summed E-state index contributed by atoms with van der Waals surface area (Å²) in [4.78, 5) is 17.3. The van der Waals surface area contributed by atoms with Gasteiger partial charge in [-0.25, -0.2) is 4.98 Å². The number of halogens is 1. The van der Waals surface area contributed by atoms with Crippen LogP contribution in [-0.2, 0) is 0 Å². The van der Waals surface area contributed by atoms with Gasteiger partial charge in [-0.3, -0.25) is 4.79 Å². The van der Waals surface area contributed by atoms with E-state index in [1.807, 2.05) is 6.92 Å². The molecule has 1 unspecified atom stereocenters. The number of hydrogen-bond donors (Lipinski definition) is 3. The van der Waals surface area contributed by atoms with Gasteiger partial charge in [0.2, 0.25) is 0 Å². The number of anilines is 1. The van der Waals surface area contributed by atoms with Gasteiger partial charge in [0.1, 0.15) is 5.02 Å². The van der Waals surface area contributed by atoms with Crippen LogP contribution in [0.15, 0.2) is 11.1 Å². The predicted octanol–water partition coefficient (Wildman–Crippen LogP) is 0.996. The lowest BCUT2D eigenvalue weighted by atomic mass is 10.0. The zero-order chi connectivity index (χ0) is 11.5. The molecule has 84 valence electrons. The Kier molecular flexibility index (Phi) is 3.71. The summed E-state index contributed by atoms with van der Waals surface area (Å²) in [6.45, 7) is 3.86. The third kappa shape index (κ3) is 3.21. The highest BCUT2D eigenvalue weighted by Gasteiger charge is 2.18. The highest BCUT2D eigenvalue weighted by Crippen LogP contribution is 2.15. The molecule has 1 atom stereocenters. The molecule has 6 heteroatoms. The first kappa shape index (κ1) is 12.0. The second-order valence-corrected chi connectivity index (χ2v) is 3.98. The zero-order valence-electron chi connectivity index (χ0n) is 8.67. The van der Waals surface area contributed by atoms with Crippen LogP contribution in [-0.4, -0.2) is 27.2 Å². The van der Waals surface area contributed by atoms with Crippen molar-refractivity contribution in [2.75, 3.05) is 11.9 Å². The fourth-order valence-corrected chi connectivity index (χ4v) is 1.08. The topological polar surface area (TPSA) is 78.0 Å². The molecule has 0 bridgehead atoms. The van der Waals surface area contributed by atoms with Gasteiger partial charge >= 0.3 is 0 Å². The molecule has 0 aromatic carbocycles. The van der Waals surface area contributed by atoms with Crippen molar-refractivity contribution in [2.24, 2.45) is 0 Å². The molecule has 1 heterocycles. The summed E-state index contributed by atoms with van der Waals surface area (Å²) in [5.74, 6) is 0.286. The molecule has 0 aliphatic carbocycles. The standard InChI is InChI=1S/C9H14ClN3O2/c1-3-9(2,15)4-11-7-6(10)8(14)13-5-12-7/h5,15H,3-4H2,1-2H3,(H2,11,12,13,14). The van der Waals surface area contributed by atoms with Gasteiger partial charge in [0.05, 0.1) is 11.9 Å². The fraction of sp³-hybridized carbons (Fsp3) is 0.556. The summed E-state index contributed by atoms with van der Waals surface area (Å²) in [7, 11) is 0. The number of hydrogen-bond acceptors (Lipinski definition) is 4. The Balaban J connectivity index is 2.74. The third-order valence-corrected chi connectivity index (χ3v) is 2.55. The van der Waals surface area contributed by atoms with E-state index in [1.54, 1.807) is 6.92 Å². The smallest absolute Gasteiger partial charge is 0.271 e. The van der Waals surface area contributed by atoms with Crippen molar-refractivity contribution in [3.63, 3.8) is 0 Å². The molecule has 0 amide bonds. The lowest BCUT2D eigenvalue weighted by molar-refractivity contribution is 0.0696. The zero-order valence-corrected chi connectivity index (χ0v) is 9.43. The average molecular weight is 232 g/mol. The predicted molar refractivity (Wildman–Crippen MR) is 59.3 cm³/mol. The van der Waals surface area contributed by atoms with Gasteiger partial charge in [-0.15, -0.1) is 0 Å². The van der Waals surface area contributed by atoms with E-state index in [0.717, 1.165) is 0 Å². The Hall–Kier alpha value is -1.07. The number of rotatable bonds is 4. The van der Waals surface area contributed by atoms with Gasteiger partial charge in [-0.05, 0) is 13.3 Å². The number of nitrogens with one attached hydrogen (secondary N) is 2. The first-order chi connectivity index (χ1) is 6.96. The maximum absolute atomic E-state index is 11.1. The van der Waals surface area contributed by atoms with Crippen LogP contribution >= 0.6 is 11.6 Å². The number of aromatic amines is 1. The van der Waals surface area contributed by atoms with E-state index in [0.29, 0.717) is 13.0 Å². The van der Waals surface area contributed by atoms with E-state index in [2.05, 4.69) is 15.3 Å². The quantitative estimate of drug-likeness (QED) is 0.722. The molecular formula is C9H14ClN3O2. The minimum absolute atomic E-state index is 0.00408. The minimum atomic E-state index is -0.840. The summed E-state index contributed by atoms with van der Waals surface area (Å²) in [5.41, 5.74) is -1.24. The third-order valence-electron chi connectivity index (χ3n) is 2.19. The number of H-pyrrole nitrogens is 1. The van der Waals surface area contributed by atoms with Crippen LogP contribution in [0.5, 0.6) is 0 Å². The number of aromatic nitrogens is 2. The Morgan fingerprint density at radius 2 is 2.40 bits per heavy atom. The normalized spacial score (nSPS) is 14.7. The Bertz CT molecular complexity index is 389. The highest BCUT2D eigenvalue weighted by atomic mass is 35.5. The summed E-state index contributed by atoms with van der Waals surface area (Å²) < 4.78 is 0. The molecule has 0 saturated heterocycles.